The van der Waals surface area contributed by atoms with E-state index in [2.05, 4.69) is 13.0 Å². The second-order valence-electron chi connectivity index (χ2n) is 7.88. The molecule has 4 heteroatoms. The van der Waals surface area contributed by atoms with Crippen molar-refractivity contribution in [1.29, 1.82) is 0 Å². The fraction of sp³-hybridized carbons (Fsp3) is 0.600. The molecule has 4 nitrogen and oxygen atoms in total. The quantitative estimate of drug-likeness (QED) is 0.921. The predicted octanol–water partition coefficient (Wildman–Crippen LogP) is 3.58. The average molecular weight is 328 g/mol. The molecule has 0 aromatic heterocycles. The summed E-state index contributed by atoms with van der Waals surface area (Å²) in [5, 5.41) is 8.75. The van der Waals surface area contributed by atoms with E-state index in [-0.39, 0.29) is 12.0 Å². The molecule has 3 aliphatic carbocycles. The van der Waals surface area contributed by atoms with Gasteiger partial charge in [-0.2, -0.15) is 0 Å². The molecule has 2 fully saturated rings. The van der Waals surface area contributed by atoms with E-state index < -0.39 is 5.97 Å². The fourth-order valence-corrected chi connectivity index (χ4v) is 5.56. The molecular formula is C20H24O4. The van der Waals surface area contributed by atoms with Gasteiger partial charge in [-0.1, -0.05) is 13.0 Å². The van der Waals surface area contributed by atoms with Gasteiger partial charge in [0.25, 0.3) is 0 Å². The van der Waals surface area contributed by atoms with Gasteiger partial charge in [0.15, 0.2) is 6.61 Å². The molecule has 24 heavy (non-hydrogen) atoms. The molecule has 128 valence electrons. The van der Waals surface area contributed by atoms with Gasteiger partial charge in [0.1, 0.15) is 11.5 Å². The van der Waals surface area contributed by atoms with Crippen LogP contribution >= 0.6 is 0 Å². The molecule has 0 spiro atoms. The van der Waals surface area contributed by atoms with Crippen LogP contribution in [0.5, 0.6) is 5.75 Å². The molecule has 0 bridgehead atoms. The van der Waals surface area contributed by atoms with Gasteiger partial charge in [-0.15, -0.1) is 0 Å². The Morgan fingerprint density at radius 2 is 2.12 bits per heavy atom. The van der Waals surface area contributed by atoms with E-state index in [0.29, 0.717) is 29.3 Å². The molecule has 1 aromatic rings. The van der Waals surface area contributed by atoms with Crippen LogP contribution in [-0.4, -0.2) is 23.5 Å². The van der Waals surface area contributed by atoms with Gasteiger partial charge in [-0.3, -0.25) is 4.79 Å². The van der Waals surface area contributed by atoms with Gasteiger partial charge in [-0.25, -0.2) is 4.79 Å². The lowest BCUT2D eigenvalue weighted by molar-refractivity contribution is -0.139. The number of hydrogen-bond acceptors (Lipinski definition) is 3. The van der Waals surface area contributed by atoms with Gasteiger partial charge in [0.2, 0.25) is 0 Å². The van der Waals surface area contributed by atoms with E-state index in [1.807, 2.05) is 12.1 Å². The van der Waals surface area contributed by atoms with Crippen LogP contribution in [0.15, 0.2) is 18.2 Å². The van der Waals surface area contributed by atoms with Crippen molar-refractivity contribution in [1.82, 2.24) is 0 Å². The van der Waals surface area contributed by atoms with E-state index in [0.717, 1.165) is 38.5 Å². The number of aliphatic carboxylic acids is 1. The zero-order chi connectivity index (χ0) is 16.9. The average Bonchev–Trinajstić information content (AvgIpc) is 2.88. The van der Waals surface area contributed by atoms with Crippen LogP contribution in [0.4, 0.5) is 0 Å². The maximum absolute atomic E-state index is 12.4. The smallest absolute Gasteiger partial charge is 0.341 e. The summed E-state index contributed by atoms with van der Waals surface area (Å²) < 4.78 is 5.32. The summed E-state index contributed by atoms with van der Waals surface area (Å²) in [7, 11) is 0. The molecule has 0 heterocycles. The molecule has 0 unspecified atom stereocenters. The summed E-state index contributed by atoms with van der Waals surface area (Å²) in [6, 6.07) is 6.04. The second-order valence-corrected chi connectivity index (χ2v) is 7.88. The number of ketones is 1. The molecule has 1 aromatic carbocycles. The molecular weight excluding hydrogens is 304 g/mol. The Hall–Kier alpha value is -1.84. The highest BCUT2D eigenvalue weighted by atomic mass is 16.5. The summed E-state index contributed by atoms with van der Waals surface area (Å²) in [6.45, 7) is 1.90. The van der Waals surface area contributed by atoms with Crippen LogP contribution < -0.4 is 4.74 Å². The van der Waals surface area contributed by atoms with Gasteiger partial charge in [0.05, 0.1) is 0 Å². The van der Waals surface area contributed by atoms with Gasteiger partial charge >= 0.3 is 5.97 Å². The van der Waals surface area contributed by atoms with Crippen molar-refractivity contribution >= 4 is 11.8 Å². The van der Waals surface area contributed by atoms with Crippen LogP contribution in [-0.2, 0) is 16.0 Å². The van der Waals surface area contributed by atoms with Crippen molar-refractivity contribution in [3.05, 3.63) is 29.3 Å². The first-order valence-corrected chi connectivity index (χ1v) is 9.00. The largest absolute Gasteiger partial charge is 0.482 e. The Morgan fingerprint density at radius 3 is 2.92 bits per heavy atom. The molecule has 4 rings (SSSR count). The molecule has 0 radical (unpaired) electrons. The van der Waals surface area contributed by atoms with E-state index in [4.69, 9.17) is 9.84 Å². The maximum atomic E-state index is 12.4. The zero-order valence-electron chi connectivity index (χ0n) is 14.1. The number of fused-ring (bicyclic) bond motifs is 5. The number of ether oxygens (including phenoxy) is 1. The van der Waals surface area contributed by atoms with E-state index >= 15 is 0 Å². The monoisotopic (exact) mass is 328 g/mol. The van der Waals surface area contributed by atoms with Crippen molar-refractivity contribution in [2.45, 2.75) is 51.4 Å². The number of hydrogen-bond donors (Lipinski definition) is 1. The first-order valence-electron chi connectivity index (χ1n) is 9.00. The van der Waals surface area contributed by atoms with Gasteiger partial charge in [0, 0.05) is 11.8 Å². The Labute approximate surface area is 142 Å². The highest BCUT2D eigenvalue weighted by molar-refractivity contribution is 5.87. The molecule has 0 amide bonds. The molecule has 0 aliphatic heterocycles. The topological polar surface area (TPSA) is 63.6 Å². The Morgan fingerprint density at radius 1 is 1.29 bits per heavy atom. The summed E-state index contributed by atoms with van der Waals surface area (Å²) >= 11 is 0. The van der Waals surface area contributed by atoms with Gasteiger partial charge in [-0.05, 0) is 73.1 Å². The summed E-state index contributed by atoms with van der Waals surface area (Å²) in [5.74, 6) is 1.88. The second kappa shape index (κ2) is 5.61. The lowest BCUT2D eigenvalue weighted by Crippen LogP contribution is -2.42. The van der Waals surface area contributed by atoms with Crippen molar-refractivity contribution in [2.75, 3.05) is 6.61 Å². The number of rotatable bonds is 3. The third-order valence-corrected chi connectivity index (χ3v) is 6.77. The third kappa shape index (κ3) is 2.35. The molecule has 0 saturated heterocycles. The minimum absolute atomic E-state index is 0.0801. The van der Waals surface area contributed by atoms with Crippen LogP contribution in [0.3, 0.4) is 0 Å². The molecule has 4 atom stereocenters. The van der Waals surface area contributed by atoms with E-state index in [1.165, 1.54) is 11.1 Å². The van der Waals surface area contributed by atoms with Crippen molar-refractivity contribution in [3.63, 3.8) is 0 Å². The van der Waals surface area contributed by atoms with E-state index in [9.17, 15) is 9.59 Å². The predicted molar refractivity (Wildman–Crippen MR) is 89.2 cm³/mol. The number of Topliss-reactive ketones (excluding diaryl/α,β-unsaturated/α-hetero) is 1. The summed E-state index contributed by atoms with van der Waals surface area (Å²) in [5.41, 5.74) is 2.62. The lowest BCUT2D eigenvalue weighted by atomic mass is 9.55. The maximum Gasteiger partial charge on any atom is 0.341 e. The highest BCUT2D eigenvalue weighted by Gasteiger charge is 2.54. The first kappa shape index (κ1) is 15.7. The van der Waals surface area contributed by atoms with Gasteiger partial charge < -0.3 is 9.84 Å². The SMILES string of the molecule is C[C@]12CC[C@@H]3c4ccc(OCC(=O)O)cc4CC[C@H]3[C@@H]1CCC2=O. The normalized spacial score (nSPS) is 34.2. The number of carboxylic acids is 1. The fourth-order valence-electron chi connectivity index (χ4n) is 5.56. The number of carbonyl (C=O) groups is 2. The third-order valence-electron chi connectivity index (χ3n) is 6.77. The van der Waals surface area contributed by atoms with Crippen LogP contribution in [0.2, 0.25) is 0 Å². The van der Waals surface area contributed by atoms with Crippen molar-refractivity contribution in [2.24, 2.45) is 17.3 Å². The Balaban J connectivity index is 1.59. The Bertz CT molecular complexity index is 695. The van der Waals surface area contributed by atoms with Crippen molar-refractivity contribution in [3.8, 4) is 5.75 Å². The molecule has 1 N–H and O–H groups in total. The molecule has 2 saturated carbocycles. The minimum Gasteiger partial charge on any atom is -0.482 e. The zero-order valence-corrected chi connectivity index (χ0v) is 14.1. The highest BCUT2D eigenvalue weighted by Crippen LogP contribution is 2.59. The van der Waals surface area contributed by atoms with Crippen LogP contribution in [0, 0.1) is 17.3 Å². The summed E-state index contributed by atoms with van der Waals surface area (Å²) in [6.07, 6.45) is 6.06. The van der Waals surface area contributed by atoms with E-state index in [1.54, 1.807) is 0 Å². The van der Waals surface area contributed by atoms with Crippen molar-refractivity contribution < 1.29 is 19.4 Å². The first-order chi connectivity index (χ1) is 11.5. The lowest BCUT2D eigenvalue weighted by Gasteiger charge is -2.48. The number of benzene rings is 1. The van der Waals surface area contributed by atoms with Crippen LogP contribution in [0.1, 0.15) is 56.1 Å². The number of carbonyl (C=O) groups excluding carboxylic acids is 1. The van der Waals surface area contributed by atoms with Crippen LogP contribution in [0.25, 0.3) is 0 Å². The summed E-state index contributed by atoms with van der Waals surface area (Å²) in [4.78, 5) is 23.0. The number of carboxylic acid groups (broad SMARTS) is 1. The molecule has 3 aliphatic rings. The Kier molecular flexibility index (Phi) is 3.66. The minimum atomic E-state index is -0.953. The number of aryl methyl sites for hydroxylation is 1. The standard InChI is InChI=1S/C20H24O4/c1-20-9-8-15-14-5-3-13(24-11-19(22)23)10-12(14)2-4-16(15)17(20)6-7-18(20)21/h3,5,10,15-17H,2,4,6-9,11H2,1H3,(H,22,23)/t15-,16-,17+,20+/m1/s1.